The molecule has 2 aliphatic carbocycles. The van der Waals surface area contributed by atoms with Crippen molar-refractivity contribution in [2.75, 3.05) is 0 Å². The average molecular weight is 333 g/mol. The van der Waals surface area contributed by atoms with Crippen LogP contribution in [0.5, 0.6) is 0 Å². The Morgan fingerprint density at radius 2 is 1.52 bits per heavy atom. The highest BCUT2D eigenvalue weighted by atomic mass is 16.4. The SMILES string of the molecule is O=C(O)NC1CCCC(=C2c3ccccc3CCc3ccccc32)C1. The van der Waals surface area contributed by atoms with Crippen LogP contribution in [0.2, 0.25) is 0 Å². The largest absolute Gasteiger partial charge is 0.465 e. The monoisotopic (exact) mass is 333 g/mol. The Labute approximate surface area is 148 Å². The van der Waals surface area contributed by atoms with Gasteiger partial charge in [0.2, 0.25) is 0 Å². The molecule has 1 saturated carbocycles. The summed E-state index contributed by atoms with van der Waals surface area (Å²) in [6.07, 6.45) is 5.01. The van der Waals surface area contributed by atoms with Gasteiger partial charge < -0.3 is 10.4 Å². The quantitative estimate of drug-likeness (QED) is 0.788. The van der Waals surface area contributed by atoms with Crippen molar-refractivity contribution in [3.05, 3.63) is 76.4 Å². The van der Waals surface area contributed by atoms with Crippen LogP contribution in [0.15, 0.2) is 54.1 Å². The van der Waals surface area contributed by atoms with Crippen LogP contribution >= 0.6 is 0 Å². The van der Waals surface area contributed by atoms with Gasteiger partial charge in [-0.25, -0.2) is 4.79 Å². The van der Waals surface area contributed by atoms with Crippen LogP contribution in [-0.4, -0.2) is 17.2 Å². The molecule has 1 fully saturated rings. The molecule has 2 N–H and O–H groups in total. The summed E-state index contributed by atoms with van der Waals surface area (Å²) in [5.74, 6) is 0. The third-order valence-corrected chi connectivity index (χ3v) is 5.44. The Morgan fingerprint density at radius 1 is 0.920 bits per heavy atom. The summed E-state index contributed by atoms with van der Waals surface area (Å²) < 4.78 is 0. The van der Waals surface area contributed by atoms with Crippen molar-refractivity contribution in [2.24, 2.45) is 0 Å². The lowest BCUT2D eigenvalue weighted by Gasteiger charge is -2.27. The van der Waals surface area contributed by atoms with Crippen molar-refractivity contribution in [3.8, 4) is 0 Å². The van der Waals surface area contributed by atoms with Gasteiger partial charge in [-0.1, -0.05) is 54.1 Å². The third-order valence-electron chi connectivity index (χ3n) is 5.44. The van der Waals surface area contributed by atoms with Gasteiger partial charge in [-0.15, -0.1) is 0 Å². The van der Waals surface area contributed by atoms with E-state index in [-0.39, 0.29) is 6.04 Å². The number of nitrogens with one attached hydrogen (secondary N) is 1. The number of benzene rings is 2. The highest BCUT2D eigenvalue weighted by Gasteiger charge is 2.25. The maximum atomic E-state index is 11.1. The van der Waals surface area contributed by atoms with Gasteiger partial charge in [0.05, 0.1) is 0 Å². The van der Waals surface area contributed by atoms with Gasteiger partial charge in [-0.3, -0.25) is 0 Å². The molecule has 0 aromatic heterocycles. The van der Waals surface area contributed by atoms with Crippen LogP contribution in [0, 0.1) is 0 Å². The second kappa shape index (κ2) is 6.75. The number of fused-ring (bicyclic) bond motifs is 2. The lowest BCUT2D eigenvalue weighted by molar-refractivity contribution is 0.188. The van der Waals surface area contributed by atoms with E-state index in [0.717, 1.165) is 38.5 Å². The number of carbonyl (C=O) groups is 1. The summed E-state index contributed by atoms with van der Waals surface area (Å²) in [6, 6.07) is 17.4. The van der Waals surface area contributed by atoms with Crippen molar-refractivity contribution < 1.29 is 9.90 Å². The molecule has 3 heteroatoms. The molecule has 1 amide bonds. The van der Waals surface area contributed by atoms with Gasteiger partial charge in [-0.2, -0.15) is 0 Å². The first kappa shape index (κ1) is 15.9. The molecule has 2 aliphatic rings. The van der Waals surface area contributed by atoms with E-state index in [1.165, 1.54) is 33.4 Å². The first-order valence-electron chi connectivity index (χ1n) is 9.10. The van der Waals surface area contributed by atoms with Crippen LogP contribution in [0.1, 0.15) is 47.9 Å². The van der Waals surface area contributed by atoms with Gasteiger partial charge in [-0.05, 0) is 66.4 Å². The van der Waals surface area contributed by atoms with E-state index < -0.39 is 6.09 Å². The van der Waals surface area contributed by atoms with E-state index in [9.17, 15) is 4.79 Å². The van der Waals surface area contributed by atoms with Gasteiger partial charge in [0.15, 0.2) is 0 Å². The minimum Gasteiger partial charge on any atom is -0.465 e. The number of hydrogen-bond acceptors (Lipinski definition) is 1. The van der Waals surface area contributed by atoms with E-state index >= 15 is 0 Å². The molecule has 0 saturated heterocycles. The second-order valence-corrected chi connectivity index (χ2v) is 7.04. The zero-order valence-corrected chi connectivity index (χ0v) is 14.3. The topological polar surface area (TPSA) is 49.3 Å². The standard InChI is InChI=1S/C22H23NO2/c24-22(25)23-18-9-5-8-17(14-18)21-19-10-3-1-6-15(19)12-13-16-7-2-4-11-20(16)21/h1-4,6-7,10-11,18,23H,5,8-9,12-14H2,(H,24,25). The summed E-state index contributed by atoms with van der Waals surface area (Å²) in [6.45, 7) is 0. The molecule has 0 aliphatic heterocycles. The van der Waals surface area contributed by atoms with E-state index in [2.05, 4.69) is 53.8 Å². The highest BCUT2D eigenvalue weighted by molar-refractivity contribution is 5.86. The third kappa shape index (κ3) is 3.19. The lowest BCUT2D eigenvalue weighted by atomic mass is 9.82. The highest BCUT2D eigenvalue weighted by Crippen LogP contribution is 2.40. The summed E-state index contributed by atoms with van der Waals surface area (Å²) in [5.41, 5.74) is 8.20. The minimum atomic E-state index is -0.919. The van der Waals surface area contributed by atoms with Crippen LogP contribution in [0.4, 0.5) is 4.79 Å². The number of rotatable bonds is 1. The second-order valence-electron chi connectivity index (χ2n) is 7.04. The van der Waals surface area contributed by atoms with Crippen molar-refractivity contribution in [1.29, 1.82) is 0 Å². The number of aryl methyl sites for hydroxylation is 2. The zero-order valence-electron chi connectivity index (χ0n) is 14.3. The molecule has 0 bridgehead atoms. The maximum absolute atomic E-state index is 11.1. The lowest BCUT2D eigenvalue weighted by Crippen LogP contribution is -2.35. The summed E-state index contributed by atoms with van der Waals surface area (Å²) in [7, 11) is 0. The molecule has 128 valence electrons. The normalized spacial score (nSPS) is 19.6. The Hall–Kier alpha value is -2.55. The summed E-state index contributed by atoms with van der Waals surface area (Å²) in [4.78, 5) is 11.1. The van der Waals surface area contributed by atoms with E-state index in [1.54, 1.807) is 0 Å². The van der Waals surface area contributed by atoms with Crippen molar-refractivity contribution in [3.63, 3.8) is 0 Å². The minimum absolute atomic E-state index is 0.0244. The Morgan fingerprint density at radius 3 is 2.12 bits per heavy atom. The van der Waals surface area contributed by atoms with Crippen molar-refractivity contribution >= 4 is 11.7 Å². The predicted molar refractivity (Wildman–Crippen MR) is 99.7 cm³/mol. The summed E-state index contributed by atoms with van der Waals surface area (Å²) >= 11 is 0. The Kier molecular flexibility index (Phi) is 4.31. The van der Waals surface area contributed by atoms with Gasteiger partial charge in [0.1, 0.15) is 0 Å². The van der Waals surface area contributed by atoms with Crippen LogP contribution in [0.3, 0.4) is 0 Å². The smallest absolute Gasteiger partial charge is 0.404 e. The van der Waals surface area contributed by atoms with E-state index in [0.29, 0.717) is 0 Å². The fraction of sp³-hybridized carbons (Fsp3) is 0.318. The number of carboxylic acid groups (broad SMARTS) is 1. The Bertz CT molecular complexity index is 788. The van der Waals surface area contributed by atoms with Crippen LogP contribution in [-0.2, 0) is 12.8 Å². The van der Waals surface area contributed by atoms with Crippen LogP contribution < -0.4 is 5.32 Å². The molecule has 4 rings (SSSR count). The molecular formula is C22H23NO2. The summed E-state index contributed by atoms with van der Waals surface area (Å²) in [5, 5.41) is 11.8. The van der Waals surface area contributed by atoms with Gasteiger partial charge in [0.25, 0.3) is 0 Å². The van der Waals surface area contributed by atoms with Crippen molar-refractivity contribution in [1.82, 2.24) is 5.32 Å². The molecule has 3 nitrogen and oxygen atoms in total. The van der Waals surface area contributed by atoms with E-state index in [4.69, 9.17) is 5.11 Å². The maximum Gasteiger partial charge on any atom is 0.404 e. The molecule has 0 spiro atoms. The fourth-order valence-corrected chi connectivity index (χ4v) is 4.35. The number of amides is 1. The van der Waals surface area contributed by atoms with Crippen LogP contribution in [0.25, 0.3) is 5.57 Å². The first-order chi connectivity index (χ1) is 12.2. The molecule has 0 heterocycles. The predicted octanol–water partition coefficient (Wildman–Crippen LogP) is 4.80. The number of hydrogen-bond donors (Lipinski definition) is 2. The van der Waals surface area contributed by atoms with E-state index in [1.807, 2.05) is 0 Å². The van der Waals surface area contributed by atoms with Gasteiger partial charge in [0, 0.05) is 6.04 Å². The molecule has 25 heavy (non-hydrogen) atoms. The molecule has 1 unspecified atom stereocenters. The Balaban J connectivity index is 1.86. The molecule has 2 aromatic carbocycles. The van der Waals surface area contributed by atoms with Crippen molar-refractivity contribution in [2.45, 2.75) is 44.6 Å². The van der Waals surface area contributed by atoms with Gasteiger partial charge >= 0.3 is 6.09 Å². The molecule has 0 radical (unpaired) electrons. The molecule has 2 aromatic rings. The molecular weight excluding hydrogens is 310 g/mol. The average Bonchev–Trinajstić information content (AvgIpc) is 2.78. The molecule has 1 atom stereocenters. The zero-order chi connectivity index (χ0) is 17.2. The fourth-order valence-electron chi connectivity index (χ4n) is 4.35. The first-order valence-corrected chi connectivity index (χ1v) is 9.10.